The summed E-state index contributed by atoms with van der Waals surface area (Å²) in [5, 5.41) is 4.42. The molecule has 3 heterocycles. The van der Waals surface area contributed by atoms with Crippen molar-refractivity contribution in [1.29, 1.82) is 0 Å². The molecule has 1 atom stereocenters. The lowest BCUT2D eigenvalue weighted by Gasteiger charge is -2.38. The quantitative estimate of drug-likeness (QED) is 0.424. The molecule has 3 N–H and O–H groups in total. The van der Waals surface area contributed by atoms with Crippen LogP contribution in [0.1, 0.15) is 35.9 Å². The number of likely N-dealkylation sites (tertiary alicyclic amines) is 1. The topological polar surface area (TPSA) is 106 Å². The van der Waals surface area contributed by atoms with E-state index < -0.39 is 31.0 Å². The van der Waals surface area contributed by atoms with Crippen molar-refractivity contribution in [2.24, 2.45) is 0 Å². The first kappa shape index (κ1) is 26.0. The predicted octanol–water partition coefficient (Wildman–Crippen LogP) is 4.89. The second kappa shape index (κ2) is 10.1. The lowest BCUT2D eigenvalue weighted by atomic mass is 10.1. The van der Waals surface area contributed by atoms with Gasteiger partial charge in [0.15, 0.2) is 0 Å². The molecular formula is C26H25ClF2N6O2. The molecule has 1 amide bonds. The van der Waals surface area contributed by atoms with Crippen molar-refractivity contribution in [3.63, 3.8) is 0 Å². The fourth-order valence-electron chi connectivity index (χ4n) is 4.16. The summed E-state index contributed by atoms with van der Waals surface area (Å²) in [5.41, 5.74) is 6.53. The van der Waals surface area contributed by atoms with Gasteiger partial charge >= 0.3 is 0 Å². The Kier molecular flexibility index (Phi) is 7.13. The number of alkyl halides is 2. The number of anilines is 2. The Morgan fingerprint density at radius 3 is 2.73 bits per heavy atom. The van der Waals surface area contributed by atoms with Crippen LogP contribution in [0.4, 0.5) is 20.5 Å². The van der Waals surface area contributed by atoms with Crippen LogP contribution in [0.2, 0.25) is 5.02 Å². The molecule has 37 heavy (non-hydrogen) atoms. The molecule has 0 bridgehead atoms. The fourth-order valence-corrected chi connectivity index (χ4v) is 4.42. The number of allylic oxidation sites excluding steroid dienone is 5. The number of rotatable bonds is 7. The molecule has 192 valence electrons. The predicted molar refractivity (Wildman–Crippen MR) is 142 cm³/mol. The first-order chi connectivity index (χ1) is 17.6. The van der Waals surface area contributed by atoms with Crippen LogP contribution >= 0.6 is 11.6 Å². The van der Waals surface area contributed by atoms with Crippen molar-refractivity contribution in [1.82, 2.24) is 19.4 Å². The summed E-state index contributed by atoms with van der Waals surface area (Å²) in [6.45, 7) is 5.88. The lowest BCUT2D eigenvalue weighted by molar-refractivity contribution is -0.113. The molecule has 0 saturated carbocycles. The first-order valence-electron chi connectivity index (χ1n) is 11.4. The van der Waals surface area contributed by atoms with Gasteiger partial charge in [-0.3, -0.25) is 14.2 Å². The highest BCUT2D eigenvalue weighted by atomic mass is 35.5. The number of hydrogen-bond donors (Lipinski definition) is 2. The number of nitrogens with two attached hydrogens (primary N) is 1. The van der Waals surface area contributed by atoms with Crippen LogP contribution in [0.3, 0.4) is 0 Å². The molecule has 0 spiro atoms. The molecule has 1 saturated heterocycles. The Balaban J connectivity index is 1.82. The van der Waals surface area contributed by atoms with E-state index in [-0.39, 0.29) is 22.9 Å². The van der Waals surface area contributed by atoms with Crippen molar-refractivity contribution < 1.29 is 13.6 Å². The fraction of sp³-hybridized carbons (Fsp3) is 0.231. The largest absolute Gasteiger partial charge is 0.368 e. The van der Waals surface area contributed by atoms with Crippen LogP contribution in [0.15, 0.2) is 66.1 Å². The van der Waals surface area contributed by atoms with Gasteiger partial charge in [-0.15, -0.1) is 0 Å². The van der Waals surface area contributed by atoms with Gasteiger partial charge in [0.1, 0.15) is 11.4 Å². The van der Waals surface area contributed by atoms with Crippen LogP contribution < -0.4 is 16.6 Å². The highest BCUT2D eigenvalue weighted by Gasteiger charge is 2.47. The van der Waals surface area contributed by atoms with E-state index in [1.54, 1.807) is 56.4 Å². The number of carbonyl (C=O) groups is 1. The third kappa shape index (κ3) is 5.10. The number of benzene rings is 1. The smallest absolute Gasteiger partial charge is 0.282 e. The Bertz CT molecular complexity index is 1510. The summed E-state index contributed by atoms with van der Waals surface area (Å²) in [5.74, 6) is -3.61. The summed E-state index contributed by atoms with van der Waals surface area (Å²) in [7, 11) is 0. The average Bonchev–Trinajstić information content (AvgIpc) is 2.83. The molecule has 8 nitrogen and oxygen atoms in total. The zero-order chi connectivity index (χ0) is 26.9. The number of nitrogens with one attached hydrogen (secondary N) is 1. The highest BCUT2D eigenvalue weighted by Crippen LogP contribution is 2.31. The van der Waals surface area contributed by atoms with Gasteiger partial charge in [0.2, 0.25) is 5.95 Å². The van der Waals surface area contributed by atoms with E-state index in [1.165, 1.54) is 10.8 Å². The number of amides is 1. The van der Waals surface area contributed by atoms with E-state index in [9.17, 15) is 18.4 Å². The summed E-state index contributed by atoms with van der Waals surface area (Å²) in [4.78, 5) is 35.6. The zero-order valence-corrected chi connectivity index (χ0v) is 21.0. The van der Waals surface area contributed by atoms with Gasteiger partial charge in [0.05, 0.1) is 29.5 Å². The minimum absolute atomic E-state index is 0.00732. The van der Waals surface area contributed by atoms with E-state index in [0.29, 0.717) is 27.2 Å². The van der Waals surface area contributed by atoms with Crippen molar-refractivity contribution >= 4 is 45.7 Å². The molecule has 4 rings (SSSR count). The number of hydrogen-bond acceptors (Lipinski definition) is 6. The van der Waals surface area contributed by atoms with Gasteiger partial charge in [-0.05, 0) is 37.4 Å². The van der Waals surface area contributed by atoms with Gasteiger partial charge in [-0.2, -0.15) is 4.98 Å². The summed E-state index contributed by atoms with van der Waals surface area (Å²) in [6, 6.07) is 6.39. The van der Waals surface area contributed by atoms with Gasteiger partial charge in [-0.25, -0.2) is 13.8 Å². The van der Waals surface area contributed by atoms with Crippen LogP contribution in [0, 0.1) is 0 Å². The molecule has 11 heteroatoms. The molecule has 1 fully saturated rings. The molecular weight excluding hydrogens is 502 g/mol. The van der Waals surface area contributed by atoms with Crippen molar-refractivity contribution in [2.75, 3.05) is 24.1 Å². The highest BCUT2D eigenvalue weighted by molar-refractivity contribution is 6.35. The van der Waals surface area contributed by atoms with E-state index in [0.717, 1.165) is 4.90 Å². The van der Waals surface area contributed by atoms with Crippen molar-refractivity contribution in [2.45, 2.75) is 25.8 Å². The first-order valence-corrected chi connectivity index (χ1v) is 11.8. The minimum Gasteiger partial charge on any atom is -0.368 e. The maximum Gasteiger partial charge on any atom is 0.282 e. The maximum atomic E-state index is 13.7. The second-order valence-corrected chi connectivity index (χ2v) is 9.00. The third-order valence-corrected chi connectivity index (χ3v) is 6.26. The monoisotopic (exact) mass is 526 g/mol. The second-order valence-electron chi connectivity index (χ2n) is 8.60. The van der Waals surface area contributed by atoms with Crippen molar-refractivity contribution in [3.05, 3.63) is 88.0 Å². The lowest BCUT2D eigenvalue weighted by Crippen LogP contribution is -2.58. The Hall–Kier alpha value is -4.05. The number of aromatic nitrogens is 3. The molecule has 1 aliphatic rings. The van der Waals surface area contributed by atoms with Gasteiger partial charge in [-0.1, -0.05) is 48.5 Å². The van der Waals surface area contributed by atoms with E-state index in [1.807, 2.05) is 6.07 Å². The summed E-state index contributed by atoms with van der Waals surface area (Å²) < 4.78 is 28.3. The Morgan fingerprint density at radius 2 is 2.08 bits per heavy atom. The zero-order valence-electron chi connectivity index (χ0n) is 20.2. The number of pyridine rings is 1. The van der Waals surface area contributed by atoms with Crippen LogP contribution in [-0.4, -0.2) is 44.4 Å². The van der Waals surface area contributed by atoms with Crippen LogP contribution in [-0.2, 0) is 0 Å². The van der Waals surface area contributed by atoms with E-state index >= 15 is 0 Å². The summed E-state index contributed by atoms with van der Waals surface area (Å²) >= 11 is 6.38. The van der Waals surface area contributed by atoms with Crippen molar-refractivity contribution in [3.8, 4) is 0 Å². The number of halogens is 3. The number of nitrogens with zero attached hydrogens (tertiary/aromatic N) is 4. The number of fused-ring (bicyclic) bond motifs is 1. The average molecular weight is 527 g/mol. The third-order valence-electron chi connectivity index (χ3n) is 5.95. The van der Waals surface area contributed by atoms with Gasteiger partial charge in [0.25, 0.3) is 17.4 Å². The summed E-state index contributed by atoms with van der Waals surface area (Å²) in [6.07, 6.45) is 7.99. The molecule has 1 aliphatic heterocycles. The van der Waals surface area contributed by atoms with Gasteiger partial charge < -0.3 is 16.0 Å². The van der Waals surface area contributed by atoms with Crippen LogP contribution in [0.25, 0.3) is 16.5 Å². The molecule has 0 aliphatic carbocycles. The molecule has 1 aromatic carbocycles. The van der Waals surface area contributed by atoms with Crippen LogP contribution in [0.5, 0.6) is 0 Å². The molecule has 0 radical (unpaired) electrons. The van der Waals surface area contributed by atoms with Gasteiger partial charge in [0, 0.05) is 17.6 Å². The van der Waals surface area contributed by atoms with E-state index in [2.05, 4.69) is 21.9 Å². The standard InChI is InChI=1S/C26H25ClF2N6O2/c1-4-6-9-17(5-2)35-20(11-16-8-7-10-19(27)21(16)24(35)37)15(3)32-22-18(12-31-25(30)33-22)23(36)34-13-26(28,29)14-34/h4-12,15H,1,13-14H2,2-3H3,(H3,30,31,32,33)/b9-6-,17-5+. The maximum absolute atomic E-state index is 13.7. The SMILES string of the molecule is C=C/C=C\C(=C/C)n1c(C(C)Nc2nc(N)ncc2C(=O)N2CC(F)(F)C2)cc2cccc(Cl)c2c1=O. The minimum atomic E-state index is -2.92. The number of nitrogen functional groups attached to an aromatic ring is 1. The molecule has 2 aromatic heterocycles. The molecule has 3 aromatic rings. The Morgan fingerprint density at radius 1 is 1.35 bits per heavy atom. The normalized spacial score (nSPS) is 16.0. The molecule has 1 unspecified atom stereocenters. The number of carbonyl (C=O) groups excluding carboxylic acids is 1. The van der Waals surface area contributed by atoms with E-state index in [4.69, 9.17) is 17.3 Å². The Labute approximate surface area is 216 Å².